The van der Waals surface area contributed by atoms with Crippen molar-refractivity contribution in [3.05, 3.63) is 0 Å². The van der Waals surface area contributed by atoms with Gasteiger partial charge in [-0.25, -0.2) is 11.0 Å². The predicted molar refractivity (Wildman–Crippen MR) is 43.8 cm³/mol. The number of hydrogen-bond donors (Lipinski definition) is 3. The van der Waals surface area contributed by atoms with Crippen LogP contribution in [0.15, 0.2) is 5.10 Å². The molecule has 0 bridgehead atoms. The van der Waals surface area contributed by atoms with Crippen molar-refractivity contribution in [1.82, 2.24) is 16.3 Å². The summed E-state index contributed by atoms with van der Waals surface area (Å²) < 4.78 is 0. The molecule has 1 rings (SSSR count). The Morgan fingerprint density at radius 2 is 2.00 bits per heavy atom. The van der Waals surface area contributed by atoms with Crippen molar-refractivity contribution in [1.29, 1.82) is 0 Å². The fourth-order valence-electron chi connectivity index (χ4n) is 0.704. The molecule has 10 heavy (non-hydrogen) atoms. The first-order valence-corrected chi connectivity index (χ1v) is 3.50. The van der Waals surface area contributed by atoms with E-state index in [9.17, 15) is 0 Å². The summed E-state index contributed by atoms with van der Waals surface area (Å²) in [5.74, 6) is 0. The zero-order valence-electron chi connectivity index (χ0n) is 6.48. The molecule has 0 unspecified atom stereocenters. The normalized spacial score (nSPS) is 15.3. The van der Waals surface area contributed by atoms with Crippen molar-refractivity contribution in [3.8, 4) is 0 Å². The summed E-state index contributed by atoms with van der Waals surface area (Å²) in [5, 5.41) is 6.47. The van der Waals surface area contributed by atoms with Crippen LogP contribution in [0.4, 0.5) is 0 Å². The highest BCUT2D eigenvalue weighted by atomic mass is 15.5. The molecule has 0 amide bonds. The first-order chi connectivity index (χ1) is 4.91. The van der Waals surface area contributed by atoms with Gasteiger partial charge in [-0.2, -0.15) is 5.10 Å². The van der Waals surface area contributed by atoms with E-state index >= 15 is 0 Å². The highest BCUT2D eigenvalue weighted by Crippen LogP contribution is 1.90. The van der Waals surface area contributed by atoms with Gasteiger partial charge in [0.05, 0.1) is 0 Å². The Balaban J connectivity index is 0.000000162. The molecule has 1 aliphatic rings. The molecule has 3 N–H and O–H groups in total. The standard InChI is InChI=1S/C4H9N.C2H7N3/c1-2-4-5-3-1;1-3-5-4-2/h5H,1-4H2;4-5H,1H2,2H3. The molecule has 0 aliphatic carbocycles. The lowest BCUT2D eigenvalue weighted by Gasteiger charge is -1.86. The van der Waals surface area contributed by atoms with E-state index in [-0.39, 0.29) is 0 Å². The second kappa shape index (κ2) is 8.39. The molecule has 0 saturated carbocycles. The summed E-state index contributed by atoms with van der Waals surface area (Å²) in [6, 6.07) is 0. The van der Waals surface area contributed by atoms with E-state index in [1.54, 1.807) is 7.05 Å². The van der Waals surface area contributed by atoms with Crippen molar-refractivity contribution in [2.45, 2.75) is 12.8 Å². The average molecular weight is 144 g/mol. The quantitative estimate of drug-likeness (QED) is 0.368. The maximum Gasteiger partial charge on any atom is 0.0120 e. The van der Waals surface area contributed by atoms with Crippen LogP contribution in [-0.2, 0) is 0 Å². The van der Waals surface area contributed by atoms with Crippen LogP contribution in [0.25, 0.3) is 0 Å². The predicted octanol–water partition coefficient (Wildman–Crippen LogP) is -0.304. The number of nitrogens with zero attached hydrogens (tertiary/aromatic N) is 1. The molecular weight excluding hydrogens is 128 g/mol. The second-order valence-corrected chi connectivity index (χ2v) is 1.98. The van der Waals surface area contributed by atoms with Crippen LogP contribution in [0.3, 0.4) is 0 Å². The van der Waals surface area contributed by atoms with E-state index in [4.69, 9.17) is 0 Å². The molecule has 1 fully saturated rings. The van der Waals surface area contributed by atoms with Crippen LogP contribution >= 0.6 is 0 Å². The van der Waals surface area contributed by atoms with Crippen molar-refractivity contribution in [2.24, 2.45) is 5.10 Å². The summed E-state index contributed by atoms with van der Waals surface area (Å²) in [5.41, 5.74) is 4.91. The minimum atomic E-state index is 1.25. The summed E-state index contributed by atoms with van der Waals surface area (Å²) >= 11 is 0. The summed E-state index contributed by atoms with van der Waals surface area (Å²) in [7, 11) is 1.72. The van der Waals surface area contributed by atoms with Crippen LogP contribution < -0.4 is 16.3 Å². The minimum absolute atomic E-state index is 1.25. The van der Waals surface area contributed by atoms with Gasteiger partial charge in [0.1, 0.15) is 0 Å². The zero-order chi connectivity index (χ0) is 7.66. The molecule has 4 heteroatoms. The van der Waals surface area contributed by atoms with Crippen LogP contribution in [0.5, 0.6) is 0 Å². The molecule has 0 spiro atoms. The van der Waals surface area contributed by atoms with E-state index in [2.05, 4.69) is 28.1 Å². The highest BCUT2D eigenvalue weighted by Gasteiger charge is 1.93. The first-order valence-electron chi connectivity index (χ1n) is 3.50. The Morgan fingerprint density at radius 3 is 2.10 bits per heavy atom. The van der Waals surface area contributed by atoms with E-state index in [0.717, 1.165) is 0 Å². The van der Waals surface area contributed by atoms with Gasteiger partial charge in [-0.1, -0.05) is 0 Å². The van der Waals surface area contributed by atoms with Crippen LogP contribution in [0, 0.1) is 0 Å². The molecule has 1 aliphatic heterocycles. The molecule has 60 valence electrons. The lowest BCUT2D eigenvalue weighted by atomic mass is 10.4. The average Bonchev–Trinajstić information content (AvgIpc) is 2.44. The molecule has 0 aromatic rings. The third kappa shape index (κ3) is 7.39. The highest BCUT2D eigenvalue weighted by molar-refractivity contribution is 5.21. The monoisotopic (exact) mass is 144 g/mol. The van der Waals surface area contributed by atoms with E-state index in [1.165, 1.54) is 25.9 Å². The van der Waals surface area contributed by atoms with Crippen LogP contribution in [0.1, 0.15) is 12.8 Å². The maximum absolute atomic E-state index is 3.24. The van der Waals surface area contributed by atoms with E-state index < -0.39 is 0 Å². The first kappa shape index (κ1) is 9.39. The van der Waals surface area contributed by atoms with Gasteiger partial charge < -0.3 is 5.32 Å². The van der Waals surface area contributed by atoms with Gasteiger partial charge in [0.2, 0.25) is 0 Å². The fraction of sp³-hybridized carbons (Fsp3) is 0.833. The Bertz CT molecular complexity index is 62.5. The molecule has 1 saturated heterocycles. The Morgan fingerprint density at radius 1 is 1.40 bits per heavy atom. The minimum Gasteiger partial charge on any atom is -0.317 e. The van der Waals surface area contributed by atoms with Gasteiger partial charge in [0, 0.05) is 13.8 Å². The van der Waals surface area contributed by atoms with Crippen molar-refractivity contribution in [2.75, 3.05) is 20.1 Å². The van der Waals surface area contributed by atoms with E-state index in [1.807, 2.05) is 0 Å². The SMILES string of the molecule is C1CCNC1.C=NNNC. The van der Waals surface area contributed by atoms with Gasteiger partial charge in [-0.15, -0.1) is 0 Å². The third-order valence-electron chi connectivity index (χ3n) is 1.15. The summed E-state index contributed by atoms with van der Waals surface area (Å²) in [6.07, 6.45) is 2.78. The third-order valence-corrected chi connectivity index (χ3v) is 1.15. The fourth-order valence-corrected chi connectivity index (χ4v) is 0.704. The van der Waals surface area contributed by atoms with E-state index in [0.29, 0.717) is 0 Å². The molecular formula is C6H16N4. The molecule has 1 heterocycles. The number of hydrazone groups is 1. The number of hydrazine groups is 1. The van der Waals surface area contributed by atoms with Crippen LogP contribution in [0.2, 0.25) is 0 Å². The lowest BCUT2D eigenvalue weighted by molar-refractivity contribution is 0.637. The number of hydrogen-bond acceptors (Lipinski definition) is 4. The zero-order valence-corrected chi connectivity index (χ0v) is 6.48. The summed E-state index contributed by atoms with van der Waals surface area (Å²) in [4.78, 5) is 0. The Kier molecular flexibility index (Phi) is 7.88. The Labute approximate surface area is 62.0 Å². The van der Waals surface area contributed by atoms with Crippen molar-refractivity contribution < 1.29 is 0 Å². The topological polar surface area (TPSA) is 48.5 Å². The largest absolute Gasteiger partial charge is 0.317 e. The van der Waals surface area contributed by atoms with Gasteiger partial charge in [0.25, 0.3) is 0 Å². The van der Waals surface area contributed by atoms with Crippen molar-refractivity contribution >= 4 is 6.72 Å². The van der Waals surface area contributed by atoms with Gasteiger partial charge in [0.15, 0.2) is 0 Å². The second-order valence-electron chi connectivity index (χ2n) is 1.98. The molecule has 4 nitrogen and oxygen atoms in total. The molecule has 0 aromatic carbocycles. The van der Waals surface area contributed by atoms with Crippen LogP contribution in [-0.4, -0.2) is 26.9 Å². The Hall–Kier alpha value is -0.610. The van der Waals surface area contributed by atoms with Gasteiger partial charge in [-0.05, 0) is 25.9 Å². The summed E-state index contributed by atoms with van der Waals surface area (Å²) in [6.45, 7) is 5.63. The van der Waals surface area contributed by atoms with Gasteiger partial charge >= 0.3 is 0 Å². The lowest BCUT2D eigenvalue weighted by Crippen LogP contribution is -2.20. The smallest absolute Gasteiger partial charge is 0.0120 e. The molecule has 0 atom stereocenters. The number of nitrogens with one attached hydrogen (secondary N) is 3. The molecule has 0 aromatic heterocycles. The number of rotatable bonds is 2. The molecule has 0 radical (unpaired) electrons. The maximum atomic E-state index is 3.24. The van der Waals surface area contributed by atoms with Gasteiger partial charge in [-0.3, -0.25) is 0 Å². The van der Waals surface area contributed by atoms with Crippen molar-refractivity contribution in [3.63, 3.8) is 0 Å².